The molecule has 0 atom stereocenters. The number of esters is 1. The third-order valence-electron chi connectivity index (χ3n) is 3.65. The first-order chi connectivity index (χ1) is 12.0. The highest BCUT2D eigenvalue weighted by Gasteiger charge is 2.39. The topological polar surface area (TPSA) is 56.3 Å². The van der Waals surface area contributed by atoms with Crippen LogP contribution in [0.2, 0.25) is 0 Å². The lowest BCUT2D eigenvalue weighted by atomic mass is 9.99. The monoisotopic (exact) mass is 347 g/mol. The van der Waals surface area contributed by atoms with Crippen molar-refractivity contribution < 1.29 is 23.1 Å². The van der Waals surface area contributed by atoms with E-state index in [2.05, 4.69) is 9.72 Å². The van der Waals surface area contributed by atoms with Gasteiger partial charge in [-0.1, -0.05) is 30.3 Å². The Morgan fingerprint density at radius 2 is 1.84 bits per heavy atom. The van der Waals surface area contributed by atoms with Crippen LogP contribution in [0.15, 0.2) is 48.7 Å². The summed E-state index contributed by atoms with van der Waals surface area (Å²) in [4.78, 5) is 27.9. The highest BCUT2D eigenvalue weighted by Crippen LogP contribution is 2.24. The molecule has 25 heavy (non-hydrogen) atoms. The Morgan fingerprint density at radius 3 is 2.52 bits per heavy atom. The lowest BCUT2D eigenvalue weighted by Gasteiger charge is -2.14. The number of nitrogens with zero attached hydrogens (tertiary/aromatic N) is 1. The number of ketones is 1. The summed E-state index contributed by atoms with van der Waals surface area (Å²) in [7, 11) is 0. The van der Waals surface area contributed by atoms with Crippen molar-refractivity contribution in [3.63, 3.8) is 0 Å². The van der Waals surface area contributed by atoms with Gasteiger partial charge in [0, 0.05) is 23.7 Å². The van der Waals surface area contributed by atoms with Crippen molar-refractivity contribution in [3.05, 3.63) is 65.5 Å². The summed E-state index contributed by atoms with van der Waals surface area (Å²) in [6.45, 7) is 1.38. The minimum absolute atomic E-state index is 0.0118. The van der Waals surface area contributed by atoms with E-state index < -0.39 is 18.3 Å². The van der Waals surface area contributed by atoms with Gasteiger partial charge in [0.15, 0.2) is 5.78 Å². The van der Waals surface area contributed by atoms with Gasteiger partial charge in [-0.2, -0.15) is 8.78 Å². The second kappa shape index (κ2) is 8.46. The van der Waals surface area contributed by atoms with Gasteiger partial charge >= 0.3 is 11.9 Å². The lowest BCUT2D eigenvalue weighted by Crippen LogP contribution is -2.30. The molecule has 0 radical (unpaired) electrons. The highest BCUT2D eigenvalue weighted by molar-refractivity contribution is 6.09. The molecule has 0 saturated heterocycles. The van der Waals surface area contributed by atoms with Crippen LogP contribution in [0.1, 0.15) is 41.4 Å². The van der Waals surface area contributed by atoms with E-state index in [9.17, 15) is 18.4 Å². The number of pyridine rings is 1. The van der Waals surface area contributed by atoms with Crippen molar-refractivity contribution in [1.82, 2.24) is 4.98 Å². The highest BCUT2D eigenvalue weighted by atomic mass is 19.3. The third kappa shape index (κ3) is 4.92. The molecular formula is C19H19F2NO3. The van der Waals surface area contributed by atoms with Crippen LogP contribution in [0.3, 0.4) is 0 Å². The molecule has 1 heterocycles. The molecule has 0 N–H and O–H groups in total. The second-order valence-electron chi connectivity index (χ2n) is 5.47. The Bertz CT molecular complexity index is 732. The maximum Gasteiger partial charge on any atom is 0.376 e. The van der Waals surface area contributed by atoms with E-state index in [-0.39, 0.29) is 25.2 Å². The van der Waals surface area contributed by atoms with E-state index in [0.29, 0.717) is 16.8 Å². The lowest BCUT2D eigenvalue weighted by molar-refractivity contribution is -0.172. The van der Waals surface area contributed by atoms with E-state index in [1.165, 1.54) is 13.1 Å². The first-order valence-electron chi connectivity index (χ1n) is 8.04. The fourth-order valence-electron chi connectivity index (χ4n) is 2.41. The number of aromatic nitrogens is 1. The number of carbonyl (C=O) groups is 2. The number of aryl methyl sites for hydroxylation is 1. The fourth-order valence-corrected chi connectivity index (χ4v) is 2.41. The van der Waals surface area contributed by atoms with Gasteiger partial charge in [0.1, 0.15) is 0 Å². The van der Waals surface area contributed by atoms with Crippen LogP contribution in [-0.4, -0.2) is 29.3 Å². The number of alkyl halides is 2. The van der Waals surface area contributed by atoms with E-state index in [1.54, 1.807) is 42.5 Å². The molecule has 132 valence electrons. The molecule has 0 bridgehead atoms. The number of hydrogen-bond acceptors (Lipinski definition) is 4. The summed E-state index contributed by atoms with van der Waals surface area (Å²) in [6, 6.07) is 11.9. The van der Waals surface area contributed by atoms with Gasteiger partial charge in [-0.25, -0.2) is 4.79 Å². The normalized spacial score (nSPS) is 11.2. The summed E-state index contributed by atoms with van der Waals surface area (Å²) in [6.07, 6.45) is 1.05. The molecule has 0 aliphatic heterocycles. The average Bonchev–Trinajstić information content (AvgIpc) is 2.62. The number of ether oxygens (including phenoxy) is 1. The van der Waals surface area contributed by atoms with Crippen LogP contribution in [0.4, 0.5) is 8.78 Å². The van der Waals surface area contributed by atoms with Gasteiger partial charge in [-0.15, -0.1) is 0 Å². The minimum atomic E-state index is -3.53. The summed E-state index contributed by atoms with van der Waals surface area (Å²) < 4.78 is 31.7. The van der Waals surface area contributed by atoms with Crippen LogP contribution in [-0.2, 0) is 16.0 Å². The van der Waals surface area contributed by atoms with E-state index in [0.717, 1.165) is 0 Å². The third-order valence-corrected chi connectivity index (χ3v) is 3.65. The molecule has 0 fully saturated rings. The van der Waals surface area contributed by atoms with Crippen molar-refractivity contribution in [2.75, 3.05) is 6.61 Å². The van der Waals surface area contributed by atoms with Crippen LogP contribution in [0, 0.1) is 0 Å². The zero-order valence-electron chi connectivity index (χ0n) is 13.9. The van der Waals surface area contributed by atoms with Gasteiger partial charge in [0.2, 0.25) is 0 Å². The zero-order valence-corrected chi connectivity index (χ0v) is 13.9. The van der Waals surface area contributed by atoms with E-state index in [4.69, 9.17) is 0 Å². The van der Waals surface area contributed by atoms with Crippen LogP contribution < -0.4 is 0 Å². The van der Waals surface area contributed by atoms with E-state index in [1.807, 2.05) is 0 Å². The van der Waals surface area contributed by atoms with Crippen LogP contribution in [0.5, 0.6) is 0 Å². The second-order valence-corrected chi connectivity index (χ2v) is 5.47. The van der Waals surface area contributed by atoms with Gasteiger partial charge in [-0.05, 0) is 31.9 Å². The largest absolute Gasteiger partial charge is 0.462 e. The summed E-state index contributed by atoms with van der Waals surface area (Å²) in [5.74, 6) is -5.26. The molecule has 1 aromatic carbocycles. The van der Waals surface area contributed by atoms with Gasteiger partial charge in [0.25, 0.3) is 0 Å². The maximum absolute atomic E-state index is 13.7. The average molecular weight is 347 g/mol. The molecule has 2 aromatic rings. The molecule has 0 unspecified atom stereocenters. The summed E-state index contributed by atoms with van der Waals surface area (Å²) in [5.41, 5.74) is 1.33. The molecule has 1 aromatic heterocycles. The number of hydrogen-bond donors (Lipinski definition) is 0. The summed E-state index contributed by atoms with van der Waals surface area (Å²) >= 11 is 0. The predicted octanol–water partition coefficient (Wildman–Crippen LogP) is 3.83. The summed E-state index contributed by atoms with van der Waals surface area (Å²) in [5, 5.41) is 0. The number of halogens is 2. The van der Waals surface area contributed by atoms with Crippen LogP contribution >= 0.6 is 0 Å². The number of rotatable bonds is 8. The smallest absolute Gasteiger partial charge is 0.376 e. The van der Waals surface area contributed by atoms with Gasteiger partial charge < -0.3 is 4.74 Å². The number of benzene rings is 1. The molecule has 4 nitrogen and oxygen atoms in total. The Labute approximate surface area is 144 Å². The molecule has 6 heteroatoms. The van der Waals surface area contributed by atoms with Crippen molar-refractivity contribution >= 4 is 11.8 Å². The SMILES string of the molecule is CCOC(=O)C(F)(F)CCCc1ncccc1C(=O)c1ccccc1. The predicted molar refractivity (Wildman–Crippen MR) is 88.6 cm³/mol. The Hall–Kier alpha value is -2.63. The molecular weight excluding hydrogens is 328 g/mol. The van der Waals surface area contributed by atoms with Crippen molar-refractivity contribution in [2.24, 2.45) is 0 Å². The van der Waals surface area contributed by atoms with Crippen LogP contribution in [0.25, 0.3) is 0 Å². The zero-order chi connectivity index (χ0) is 18.3. The van der Waals surface area contributed by atoms with Crippen molar-refractivity contribution in [2.45, 2.75) is 32.1 Å². The molecule has 0 amide bonds. The minimum Gasteiger partial charge on any atom is -0.462 e. The van der Waals surface area contributed by atoms with Crippen molar-refractivity contribution in [1.29, 1.82) is 0 Å². The van der Waals surface area contributed by atoms with E-state index >= 15 is 0 Å². The van der Waals surface area contributed by atoms with Crippen molar-refractivity contribution in [3.8, 4) is 0 Å². The quantitative estimate of drug-likeness (QED) is 0.538. The molecule has 2 rings (SSSR count). The Morgan fingerprint density at radius 1 is 1.12 bits per heavy atom. The van der Waals surface area contributed by atoms with Gasteiger partial charge in [0.05, 0.1) is 12.3 Å². The first-order valence-corrected chi connectivity index (χ1v) is 8.04. The number of carbonyl (C=O) groups excluding carboxylic acids is 2. The fraction of sp³-hybridized carbons (Fsp3) is 0.316. The first kappa shape index (κ1) is 18.7. The standard InChI is InChI=1S/C19H19F2NO3/c1-2-25-18(24)19(20,21)12-6-11-16-15(10-7-13-22-16)17(23)14-8-4-3-5-9-14/h3-5,7-10,13H,2,6,11-12H2,1H3. The molecule has 0 spiro atoms. The van der Waals surface area contributed by atoms with Gasteiger partial charge in [-0.3, -0.25) is 9.78 Å². The molecule has 0 aliphatic carbocycles. The molecule has 0 aliphatic rings. The molecule has 0 saturated carbocycles. The Balaban J connectivity index is 2.06. The Kier molecular flexibility index (Phi) is 6.33. The maximum atomic E-state index is 13.7.